The minimum atomic E-state index is -0.353. The van der Waals surface area contributed by atoms with Gasteiger partial charge in [-0.25, -0.2) is 0 Å². The van der Waals surface area contributed by atoms with Crippen molar-refractivity contribution in [2.45, 2.75) is 38.3 Å². The molecule has 0 saturated heterocycles. The number of hydrogen-bond donors (Lipinski definition) is 3. The van der Waals surface area contributed by atoms with Crippen molar-refractivity contribution < 1.29 is 4.79 Å². The van der Waals surface area contributed by atoms with E-state index in [0.717, 1.165) is 25.0 Å². The summed E-state index contributed by atoms with van der Waals surface area (Å²) in [6.45, 7) is 1.77. The Labute approximate surface area is 99.4 Å². The van der Waals surface area contributed by atoms with Gasteiger partial charge in [-0.2, -0.15) is 0 Å². The van der Waals surface area contributed by atoms with Gasteiger partial charge >= 0.3 is 0 Å². The number of hydrogen-bond acceptors (Lipinski definition) is 3. The van der Waals surface area contributed by atoms with Crippen molar-refractivity contribution in [3.05, 3.63) is 33.7 Å². The Balaban J connectivity index is 2.12. The van der Waals surface area contributed by atoms with Gasteiger partial charge in [-0.1, -0.05) is 0 Å². The maximum Gasteiger partial charge on any atom is 0.260 e. The first-order valence-electron chi connectivity index (χ1n) is 5.84. The molecular weight excluding hydrogens is 218 g/mol. The molecule has 2 unspecified atom stereocenters. The standard InChI is InChI=1S/C12H17N3O2/c1-7-5-6-8(11(16)14-7)12(17)15-10-4-2-3-9(10)13/h5-6,9-10H,2-4,13H2,1H3,(H,14,16)(H,15,17). The summed E-state index contributed by atoms with van der Waals surface area (Å²) in [5, 5.41) is 2.82. The van der Waals surface area contributed by atoms with Crippen LogP contribution in [0.2, 0.25) is 0 Å². The first-order chi connectivity index (χ1) is 8.08. The molecule has 1 saturated carbocycles. The molecule has 0 radical (unpaired) electrons. The number of carbonyl (C=O) groups is 1. The lowest BCUT2D eigenvalue weighted by molar-refractivity contribution is 0.0933. The van der Waals surface area contributed by atoms with E-state index in [1.165, 1.54) is 0 Å². The minimum Gasteiger partial charge on any atom is -0.348 e. The summed E-state index contributed by atoms with van der Waals surface area (Å²) in [5.74, 6) is -0.339. The molecule has 1 amide bonds. The van der Waals surface area contributed by atoms with E-state index in [-0.39, 0.29) is 29.1 Å². The van der Waals surface area contributed by atoms with Crippen molar-refractivity contribution in [3.8, 4) is 0 Å². The zero-order valence-electron chi connectivity index (χ0n) is 9.82. The summed E-state index contributed by atoms with van der Waals surface area (Å²) in [5.41, 5.74) is 6.40. The van der Waals surface area contributed by atoms with Gasteiger partial charge in [0.05, 0.1) is 0 Å². The van der Waals surface area contributed by atoms with Crippen LogP contribution in [-0.2, 0) is 0 Å². The zero-order chi connectivity index (χ0) is 12.4. The second-order valence-corrected chi connectivity index (χ2v) is 4.56. The van der Waals surface area contributed by atoms with Gasteiger partial charge in [0.15, 0.2) is 0 Å². The number of nitrogens with two attached hydrogens (primary N) is 1. The number of H-pyrrole nitrogens is 1. The molecule has 1 aromatic rings. The van der Waals surface area contributed by atoms with Gasteiger partial charge in [0.1, 0.15) is 5.56 Å². The third-order valence-electron chi connectivity index (χ3n) is 3.19. The maximum atomic E-state index is 11.9. The molecule has 92 valence electrons. The summed E-state index contributed by atoms with van der Waals surface area (Å²) in [6.07, 6.45) is 2.84. The SMILES string of the molecule is Cc1ccc(C(=O)NC2CCCC2N)c(=O)[nH]1. The van der Waals surface area contributed by atoms with Crippen molar-refractivity contribution in [2.75, 3.05) is 0 Å². The fourth-order valence-corrected chi connectivity index (χ4v) is 2.16. The molecule has 1 aromatic heterocycles. The van der Waals surface area contributed by atoms with E-state index >= 15 is 0 Å². The van der Waals surface area contributed by atoms with Crippen molar-refractivity contribution in [1.82, 2.24) is 10.3 Å². The lowest BCUT2D eigenvalue weighted by atomic mass is 10.1. The van der Waals surface area contributed by atoms with Crippen LogP contribution in [0.15, 0.2) is 16.9 Å². The second-order valence-electron chi connectivity index (χ2n) is 4.56. The fourth-order valence-electron chi connectivity index (χ4n) is 2.16. The maximum absolute atomic E-state index is 11.9. The fraction of sp³-hybridized carbons (Fsp3) is 0.500. The topological polar surface area (TPSA) is 88.0 Å². The molecule has 2 rings (SSSR count). The van der Waals surface area contributed by atoms with Crippen molar-refractivity contribution in [2.24, 2.45) is 5.73 Å². The van der Waals surface area contributed by atoms with E-state index < -0.39 is 0 Å². The van der Waals surface area contributed by atoms with Gasteiger partial charge in [-0.3, -0.25) is 9.59 Å². The third-order valence-corrected chi connectivity index (χ3v) is 3.19. The average Bonchev–Trinajstić information content (AvgIpc) is 2.64. The van der Waals surface area contributed by atoms with Crippen LogP contribution >= 0.6 is 0 Å². The van der Waals surface area contributed by atoms with E-state index in [1.807, 2.05) is 0 Å². The van der Waals surface area contributed by atoms with Crippen molar-refractivity contribution in [1.29, 1.82) is 0 Å². The molecule has 5 heteroatoms. The average molecular weight is 235 g/mol. The molecule has 1 aliphatic carbocycles. The molecule has 5 nitrogen and oxygen atoms in total. The van der Waals surface area contributed by atoms with Crippen LogP contribution in [0.4, 0.5) is 0 Å². The first kappa shape index (κ1) is 11.9. The van der Waals surface area contributed by atoms with Crippen LogP contribution in [-0.4, -0.2) is 23.0 Å². The summed E-state index contributed by atoms with van der Waals surface area (Å²) in [4.78, 5) is 26.1. The van der Waals surface area contributed by atoms with Crippen LogP contribution in [0.1, 0.15) is 35.3 Å². The highest BCUT2D eigenvalue weighted by molar-refractivity contribution is 5.94. The van der Waals surface area contributed by atoms with Crippen molar-refractivity contribution >= 4 is 5.91 Å². The number of aromatic nitrogens is 1. The molecule has 0 spiro atoms. The van der Waals surface area contributed by atoms with Gasteiger partial charge < -0.3 is 16.0 Å². The highest BCUT2D eigenvalue weighted by Crippen LogP contribution is 2.17. The van der Waals surface area contributed by atoms with Crippen LogP contribution in [0.3, 0.4) is 0 Å². The first-order valence-corrected chi connectivity index (χ1v) is 5.84. The quantitative estimate of drug-likeness (QED) is 0.688. The predicted molar refractivity (Wildman–Crippen MR) is 64.9 cm³/mol. The summed E-state index contributed by atoms with van der Waals surface area (Å²) in [7, 11) is 0. The largest absolute Gasteiger partial charge is 0.348 e. The van der Waals surface area contributed by atoms with E-state index in [1.54, 1.807) is 19.1 Å². The van der Waals surface area contributed by atoms with E-state index in [0.29, 0.717) is 0 Å². The Morgan fingerprint density at radius 3 is 2.82 bits per heavy atom. The van der Waals surface area contributed by atoms with Crippen LogP contribution < -0.4 is 16.6 Å². The molecule has 1 heterocycles. The number of amides is 1. The van der Waals surface area contributed by atoms with Gasteiger partial charge in [-0.05, 0) is 38.3 Å². The zero-order valence-corrected chi connectivity index (χ0v) is 9.82. The molecular formula is C12H17N3O2. The lowest BCUT2D eigenvalue weighted by Gasteiger charge is -2.16. The molecule has 0 bridgehead atoms. The van der Waals surface area contributed by atoms with E-state index in [4.69, 9.17) is 5.73 Å². The third kappa shape index (κ3) is 2.55. The Morgan fingerprint density at radius 1 is 1.47 bits per heavy atom. The summed E-state index contributed by atoms with van der Waals surface area (Å²) in [6, 6.07) is 3.25. The normalized spacial score (nSPS) is 23.6. The minimum absolute atomic E-state index is 0.00322. The molecule has 17 heavy (non-hydrogen) atoms. The number of aromatic amines is 1. The highest BCUT2D eigenvalue weighted by atomic mass is 16.2. The Morgan fingerprint density at radius 2 is 2.24 bits per heavy atom. The predicted octanol–water partition coefficient (Wildman–Crippen LogP) is 0.293. The second kappa shape index (κ2) is 4.71. The summed E-state index contributed by atoms with van der Waals surface area (Å²) >= 11 is 0. The van der Waals surface area contributed by atoms with E-state index in [2.05, 4.69) is 10.3 Å². The number of pyridine rings is 1. The highest BCUT2D eigenvalue weighted by Gasteiger charge is 2.26. The smallest absolute Gasteiger partial charge is 0.260 e. The lowest BCUT2D eigenvalue weighted by Crippen LogP contribution is -2.45. The Bertz CT molecular complexity index is 481. The van der Waals surface area contributed by atoms with E-state index in [9.17, 15) is 9.59 Å². The van der Waals surface area contributed by atoms with Gasteiger partial charge in [0.2, 0.25) is 0 Å². The number of carbonyl (C=O) groups excluding carboxylic acids is 1. The van der Waals surface area contributed by atoms with Crippen molar-refractivity contribution in [3.63, 3.8) is 0 Å². The molecule has 2 atom stereocenters. The summed E-state index contributed by atoms with van der Waals surface area (Å²) < 4.78 is 0. The van der Waals surface area contributed by atoms with Gasteiger partial charge in [0.25, 0.3) is 11.5 Å². The monoisotopic (exact) mass is 235 g/mol. The molecule has 4 N–H and O–H groups in total. The van der Waals surface area contributed by atoms with Crippen LogP contribution in [0, 0.1) is 6.92 Å². The number of rotatable bonds is 2. The van der Waals surface area contributed by atoms with Crippen LogP contribution in [0.5, 0.6) is 0 Å². The molecule has 0 aromatic carbocycles. The molecule has 1 aliphatic rings. The van der Waals surface area contributed by atoms with Gasteiger partial charge in [0, 0.05) is 17.8 Å². The Kier molecular flexibility index (Phi) is 3.28. The van der Waals surface area contributed by atoms with Crippen LogP contribution in [0.25, 0.3) is 0 Å². The Hall–Kier alpha value is -1.62. The number of nitrogens with one attached hydrogen (secondary N) is 2. The van der Waals surface area contributed by atoms with Gasteiger partial charge in [-0.15, -0.1) is 0 Å². The number of aryl methyl sites for hydroxylation is 1. The molecule has 0 aliphatic heterocycles. The molecule has 1 fully saturated rings.